The monoisotopic (exact) mass is 414 g/mol. The van der Waals surface area contributed by atoms with Gasteiger partial charge >= 0.3 is 0 Å². The first kappa shape index (κ1) is 20.0. The second kappa shape index (κ2) is 8.59. The average molecular weight is 415 g/mol. The van der Waals surface area contributed by atoms with Crippen LogP contribution in [0.5, 0.6) is 0 Å². The van der Waals surface area contributed by atoms with E-state index in [9.17, 15) is 14.4 Å². The van der Waals surface area contributed by atoms with Crippen molar-refractivity contribution in [2.45, 2.75) is 70.1 Å². The summed E-state index contributed by atoms with van der Waals surface area (Å²) in [7, 11) is 0. The van der Waals surface area contributed by atoms with Gasteiger partial charge in [0.2, 0.25) is 11.8 Å². The van der Waals surface area contributed by atoms with Crippen LogP contribution in [0.25, 0.3) is 0 Å². The fourth-order valence-corrected chi connectivity index (χ4v) is 4.81. The third kappa shape index (κ3) is 4.48. The Morgan fingerprint density at radius 1 is 1.10 bits per heavy atom. The number of piperidine rings is 1. The van der Waals surface area contributed by atoms with Crippen molar-refractivity contribution in [1.29, 1.82) is 0 Å². The van der Waals surface area contributed by atoms with Gasteiger partial charge in [0.25, 0.3) is 5.91 Å². The van der Waals surface area contributed by atoms with E-state index < -0.39 is 0 Å². The number of hydrogen-bond acceptors (Lipinski definition) is 5. The van der Waals surface area contributed by atoms with Crippen LogP contribution >= 0.6 is 12.2 Å². The number of nitrogens with one attached hydrogen (secondary N) is 3. The van der Waals surface area contributed by atoms with E-state index in [2.05, 4.69) is 16.0 Å². The number of thiocarbonyl (C=S) groups is 1. The molecular formula is C21H26N4O3S. The molecule has 1 aromatic rings. The van der Waals surface area contributed by atoms with Crippen LogP contribution in [0.15, 0.2) is 18.2 Å². The lowest BCUT2D eigenvalue weighted by Crippen LogP contribution is -2.50. The Bertz CT molecular complexity index is 850. The zero-order valence-electron chi connectivity index (χ0n) is 16.3. The van der Waals surface area contributed by atoms with E-state index in [0.717, 1.165) is 24.0 Å². The second-order valence-corrected chi connectivity index (χ2v) is 8.49. The SMILES string of the molecule is O=C1CCC(N2Cc3cccc(C(=O)NC(=S)NC4CCCCC4)c3C2)C(=O)N1. The number of benzene rings is 1. The predicted molar refractivity (Wildman–Crippen MR) is 112 cm³/mol. The highest BCUT2D eigenvalue weighted by Crippen LogP contribution is 2.29. The quantitative estimate of drug-likeness (QED) is 0.516. The van der Waals surface area contributed by atoms with E-state index in [1.807, 2.05) is 17.0 Å². The van der Waals surface area contributed by atoms with E-state index in [4.69, 9.17) is 12.2 Å². The molecule has 29 heavy (non-hydrogen) atoms. The van der Waals surface area contributed by atoms with Crippen LogP contribution in [0.3, 0.4) is 0 Å². The Kier molecular flexibility index (Phi) is 5.91. The molecule has 3 aliphatic rings. The van der Waals surface area contributed by atoms with Crippen LogP contribution in [-0.4, -0.2) is 39.8 Å². The van der Waals surface area contributed by atoms with E-state index in [1.54, 1.807) is 6.07 Å². The van der Waals surface area contributed by atoms with Crippen LogP contribution < -0.4 is 16.0 Å². The first-order chi connectivity index (χ1) is 14.0. The minimum atomic E-state index is -0.343. The minimum Gasteiger partial charge on any atom is -0.360 e. The van der Waals surface area contributed by atoms with Gasteiger partial charge < -0.3 is 5.32 Å². The number of fused-ring (bicyclic) bond motifs is 1. The van der Waals surface area contributed by atoms with Gasteiger partial charge in [-0.05, 0) is 48.7 Å². The average Bonchev–Trinajstić information content (AvgIpc) is 3.12. The molecule has 8 heteroatoms. The Labute approximate surface area is 175 Å². The largest absolute Gasteiger partial charge is 0.360 e. The van der Waals surface area contributed by atoms with Crippen molar-refractivity contribution in [1.82, 2.24) is 20.9 Å². The molecule has 154 valence electrons. The first-order valence-corrected chi connectivity index (χ1v) is 10.7. The summed E-state index contributed by atoms with van der Waals surface area (Å²) in [4.78, 5) is 38.5. The lowest BCUT2D eigenvalue weighted by molar-refractivity contribution is -0.137. The van der Waals surface area contributed by atoms with Crippen LogP contribution in [-0.2, 0) is 22.7 Å². The zero-order valence-corrected chi connectivity index (χ0v) is 17.1. The maximum Gasteiger partial charge on any atom is 0.257 e. The summed E-state index contributed by atoms with van der Waals surface area (Å²) >= 11 is 5.35. The van der Waals surface area contributed by atoms with Crippen molar-refractivity contribution < 1.29 is 14.4 Å². The molecule has 1 aliphatic carbocycles. The number of nitrogens with zero attached hydrogens (tertiary/aromatic N) is 1. The van der Waals surface area contributed by atoms with Gasteiger partial charge in [-0.25, -0.2) is 0 Å². The van der Waals surface area contributed by atoms with Gasteiger partial charge in [0, 0.05) is 31.1 Å². The molecule has 1 saturated heterocycles. The van der Waals surface area contributed by atoms with Gasteiger partial charge in [0.1, 0.15) is 0 Å². The Morgan fingerprint density at radius 3 is 2.66 bits per heavy atom. The smallest absolute Gasteiger partial charge is 0.257 e. The van der Waals surface area contributed by atoms with Crippen LogP contribution in [0.1, 0.15) is 66.4 Å². The molecule has 2 aliphatic heterocycles. The molecular weight excluding hydrogens is 388 g/mol. The number of hydrogen-bond donors (Lipinski definition) is 3. The minimum absolute atomic E-state index is 0.220. The number of carbonyl (C=O) groups excluding carboxylic acids is 3. The summed E-state index contributed by atoms with van der Waals surface area (Å²) in [5.74, 6) is -0.694. The molecule has 2 fully saturated rings. The highest BCUT2D eigenvalue weighted by Gasteiger charge is 2.36. The van der Waals surface area contributed by atoms with Crippen molar-refractivity contribution >= 4 is 35.1 Å². The molecule has 1 unspecified atom stereocenters. The highest BCUT2D eigenvalue weighted by atomic mass is 32.1. The van der Waals surface area contributed by atoms with E-state index in [-0.39, 0.29) is 23.8 Å². The summed E-state index contributed by atoms with van der Waals surface area (Å²) in [6.45, 7) is 1.10. The Balaban J connectivity index is 1.41. The van der Waals surface area contributed by atoms with Crippen molar-refractivity contribution in [2.75, 3.05) is 0 Å². The van der Waals surface area contributed by atoms with Crippen LogP contribution in [0.2, 0.25) is 0 Å². The standard InChI is InChI=1S/C21H26N4O3S/c26-18-10-9-17(20(28)23-18)25-11-13-5-4-8-15(16(13)12-25)19(27)24-21(29)22-14-6-2-1-3-7-14/h4-5,8,14,17H,1-3,6-7,9-12H2,(H,23,26,28)(H2,22,24,27,29). The van der Waals surface area contributed by atoms with Gasteiger partial charge in [-0.1, -0.05) is 31.4 Å². The maximum absolute atomic E-state index is 12.9. The van der Waals surface area contributed by atoms with Gasteiger partial charge in [-0.15, -0.1) is 0 Å². The molecule has 1 atom stereocenters. The summed E-state index contributed by atoms with van der Waals surface area (Å²) in [6, 6.07) is 5.63. The third-order valence-corrected chi connectivity index (χ3v) is 6.29. The fourth-order valence-electron chi connectivity index (χ4n) is 4.55. The summed E-state index contributed by atoms with van der Waals surface area (Å²) in [5, 5.41) is 8.87. The van der Waals surface area contributed by atoms with Crippen LogP contribution in [0, 0.1) is 0 Å². The van der Waals surface area contributed by atoms with Crippen molar-refractivity contribution in [2.24, 2.45) is 0 Å². The summed E-state index contributed by atoms with van der Waals surface area (Å²) in [6.07, 6.45) is 6.66. The lowest BCUT2D eigenvalue weighted by atomic mass is 9.96. The fraction of sp³-hybridized carbons (Fsp3) is 0.524. The van der Waals surface area contributed by atoms with E-state index >= 15 is 0 Å². The van der Waals surface area contributed by atoms with Gasteiger partial charge in [-0.3, -0.25) is 29.9 Å². The topological polar surface area (TPSA) is 90.5 Å². The van der Waals surface area contributed by atoms with E-state index in [1.165, 1.54) is 19.3 Å². The number of imide groups is 1. The molecule has 1 aromatic carbocycles. The normalized spacial score (nSPS) is 22.7. The maximum atomic E-state index is 12.9. The number of rotatable bonds is 3. The molecule has 0 aromatic heterocycles. The lowest BCUT2D eigenvalue weighted by Gasteiger charge is -2.29. The molecule has 0 bridgehead atoms. The van der Waals surface area contributed by atoms with Crippen molar-refractivity contribution in [3.63, 3.8) is 0 Å². The molecule has 3 N–H and O–H groups in total. The predicted octanol–water partition coefficient (Wildman–Crippen LogP) is 1.74. The Hall–Kier alpha value is -2.32. The summed E-state index contributed by atoms with van der Waals surface area (Å²) in [5.41, 5.74) is 2.55. The third-order valence-electron chi connectivity index (χ3n) is 6.07. The molecule has 1 saturated carbocycles. The molecule has 2 heterocycles. The highest BCUT2D eigenvalue weighted by molar-refractivity contribution is 7.80. The molecule has 7 nitrogen and oxygen atoms in total. The first-order valence-electron chi connectivity index (χ1n) is 10.3. The molecule has 0 radical (unpaired) electrons. The van der Waals surface area contributed by atoms with Gasteiger partial charge in [0.15, 0.2) is 5.11 Å². The van der Waals surface area contributed by atoms with Crippen molar-refractivity contribution in [3.05, 3.63) is 34.9 Å². The zero-order chi connectivity index (χ0) is 20.4. The second-order valence-electron chi connectivity index (χ2n) is 8.08. The van der Waals surface area contributed by atoms with Crippen molar-refractivity contribution in [3.8, 4) is 0 Å². The summed E-state index contributed by atoms with van der Waals surface area (Å²) < 4.78 is 0. The number of carbonyl (C=O) groups is 3. The molecule has 0 spiro atoms. The van der Waals surface area contributed by atoms with Gasteiger partial charge in [-0.2, -0.15) is 0 Å². The Morgan fingerprint density at radius 2 is 1.90 bits per heavy atom. The molecule has 3 amide bonds. The van der Waals surface area contributed by atoms with Gasteiger partial charge in [0.05, 0.1) is 6.04 Å². The number of amides is 3. The van der Waals surface area contributed by atoms with E-state index in [0.29, 0.717) is 42.6 Å². The molecule has 4 rings (SSSR count). The van der Waals surface area contributed by atoms with Crippen LogP contribution in [0.4, 0.5) is 0 Å².